The van der Waals surface area contributed by atoms with Crippen molar-refractivity contribution in [3.8, 4) is 16.9 Å². The third kappa shape index (κ3) is 3.44. The number of amides is 1. The number of nitrogens with one attached hydrogen (secondary N) is 2. The number of halogens is 1. The molecule has 0 fully saturated rings. The van der Waals surface area contributed by atoms with E-state index in [0.717, 1.165) is 33.3 Å². The van der Waals surface area contributed by atoms with E-state index < -0.39 is 0 Å². The first kappa shape index (κ1) is 19.3. The van der Waals surface area contributed by atoms with Gasteiger partial charge in [0, 0.05) is 46.6 Å². The van der Waals surface area contributed by atoms with Crippen LogP contribution in [0.1, 0.15) is 27.2 Å². The summed E-state index contributed by atoms with van der Waals surface area (Å²) in [5.74, 6) is 0.187. The number of hydrogen-bond donors (Lipinski definition) is 2. The SMILES string of the molecule is Cc1[nH]c2c(C(=O)NC[C@H]3Cc4cc(F)cc(-c5cccnc5)c4O3)cccc2c1C. The minimum absolute atomic E-state index is 0.162. The Balaban J connectivity index is 1.34. The van der Waals surface area contributed by atoms with Gasteiger partial charge in [-0.3, -0.25) is 9.78 Å². The van der Waals surface area contributed by atoms with Gasteiger partial charge in [0.05, 0.1) is 17.6 Å². The van der Waals surface area contributed by atoms with Gasteiger partial charge in [0.25, 0.3) is 5.91 Å². The number of nitrogens with zero attached hydrogens (tertiary/aromatic N) is 1. The van der Waals surface area contributed by atoms with Gasteiger partial charge in [0.1, 0.15) is 17.7 Å². The Labute approximate surface area is 179 Å². The van der Waals surface area contributed by atoms with Crippen LogP contribution in [-0.4, -0.2) is 28.5 Å². The summed E-state index contributed by atoms with van der Waals surface area (Å²) < 4.78 is 20.3. The molecule has 0 aliphatic carbocycles. The zero-order chi connectivity index (χ0) is 21.5. The van der Waals surface area contributed by atoms with Gasteiger partial charge in [0.2, 0.25) is 0 Å². The first-order chi connectivity index (χ1) is 15.0. The maximum atomic E-state index is 14.2. The Kier molecular flexibility index (Phi) is 4.70. The molecule has 1 atom stereocenters. The number of pyridine rings is 1. The second-order valence-electron chi connectivity index (χ2n) is 7.94. The molecule has 6 heteroatoms. The molecule has 0 radical (unpaired) electrons. The van der Waals surface area contributed by atoms with Crippen LogP contribution >= 0.6 is 0 Å². The van der Waals surface area contributed by atoms with Crippen LogP contribution in [0.15, 0.2) is 54.9 Å². The minimum atomic E-state index is -0.310. The average Bonchev–Trinajstić information content (AvgIpc) is 3.32. The number of benzene rings is 2. The molecule has 0 saturated heterocycles. The predicted octanol–water partition coefficient (Wildman–Crippen LogP) is 4.72. The van der Waals surface area contributed by atoms with Crippen molar-refractivity contribution in [2.75, 3.05) is 6.54 Å². The molecule has 156 valence electrons. The summed E-state index contributed by atoms with van der Waals surface area (Å²) in [5.41, 5.74) is 5.92. The molecule has 1 aliphatic heterocycles. The number of aromatic nitrogens is 2. The normalized spacial score (nSPS) is 15.0. The summed E-state index contributed by atoms with van der Waals surface area (Å²) in [5, 5.41) is 4.03. The van der Waals surface area contributed by atoms with Gasteiger partial charge >= 0.3 is 0 Å². The van der Waals surface area contributed by atoms with Crippen LogP contribution in [-0.2, 0) is 6.42 Å². The number of H-pyrrole nitrogens is 1. The second-order valence-corrected chi connectivity index (χ2v) is 7.94. The van der Waals surface area contributed by atoms with Crippen LogP contribution in [0, 0.1) is 19.7 Å². The van der Waals surface area contributed by atoms with E-state index in [1.165, 1.54) is 12.1 Å². The number of carbonyl (C=O) groups excluding carboxylic acids is 1. The number of hydrogen-bond acceptors (Lipinski definition) is 3. The van der Waals surface area contributed by atoms with Crippen LogP contribution < -0.4 is 10.1 Å². The van der Waals surface area contributed by atoms with Gasteiger partial charge in [-0.15, -0.1) is 0 Å². The molecule has 1 aliphatic rings. The molecule has 0 spiro atoms. The van der Waals surface area contributed by atoms with Crippen molar-refractivity contribution in [3.05, 3.63) is 83.1 Å². The molecule has 5 nitrogen and oxygen atoms in total. The van der Waals surface area contributed by atoms with E-state index in [4.69, 9.17) is 4.74 Å². The Morgan fingerprint density at radius 2 is 2.13 bits per heavy atom. The predicted molar refractivity (Wildman–Crippen MR) is 118 cm³/mol. The van der Waals surface area contributed by atoms with Gasteiger partial charge < -0.3 is 15.0 Å². The lowest BCUT2D eigenvalue weighted by molar-refractivity contribution is 0.0935. The van der Waals surface area contributed by atoms with E-state index in [1.807, 2.05) is 44.2 Å². The van der Waals surface area contributed by atoms with Gasteiger partial charge in [-0.25, -0.2) is 4.39 Å². The number of aryl methyl sites for hydroxylation is 2. The van der Waals surface area contributed by atoms with Crippen molar-refractivity contribution in [1.82, 2.24) is 15.3 Å². The third-order valence-electron chi connectivity index (χ3n) is 5.91. The van der Waals surface area contributed by atoms with E-state index in [-0.39, 0.29) is 17.8 Å². The maximum Gasteiger partial charge on any atom is 0.253 e. The Hall–Kier alpha value is -3.67. The number of fused-ring (bicyclic) bond motifs is 2. The van der Waals surface area contributed by atoms with E-state index >= 15 is 0 Å². The fourth-order valence-electron chi connectivity index (χ4n) is 4.22. The Morgan fingerprint density at radius 3 is 2.94 bits per heavy atom. The van der Waals surface area contributed by atoms with Crippen molar-refractivity contribution in [1.29, 1.82) is 0 Å². The summed E-state index contributed by atoms with van der Waals surface area (Å²) in [6.07, 6.45) is 3.64. The number of rotatable bonds is 4. The molecule has 1 amide bonds. The molecular weight excluding hydrogens is 393 g/mol. The van der Waals surface area contributed by atoms with E-state index in [0.29, 0.717) is 29.8 Å². The Morgan fingerprint density at radius 1 is 1.26 bits per heavy atom. The van der Waals surface area contributed by atoms with E-state index in [1.54, 1.807) is 12.4 Å². The molecule has 2 N–H and O–H groups in total. The lowest BCUT2D eigenvalue weighted by Crippen LogP contribution is -2.34. The summed E-state index contributed by atoms with van der Waals surface area (Å²) in [6, 6.07) is 12.4. The quantitative estimate of drug-likeness (QED) is 0.507. The van der Waals surface area contributed by atoms with Crippen molar-refractivity contribution >= 4 is 16.8 Å². The second kappa shape index (κ2) is 7.54. The summed E-state index contributed by atoms with van der Waals surface area (Å²) in [7, 11) is 0. The smallest absolute Gasteiger partial charge is 0.253 e. The van der Waals surface area contributed by atoms with Crippen LogP contribution in [0.5, 0.6) is 5.75 Å². The van der Waals surface area contributed by atoms with Gasteiger partial charge in [-0.2, -0.15) is 0 Å². The van der Waals surface area contributed by atoms with Gasteiger partial charge in [-0.05, 0) is 43.7 Å². The first-order valence-electron chi connectivity index (χ1n) is 10.3. The monoisotopic (exact) mass is 415 g/mol. The highest BCUT2D eigenvalue weighted by Gasteiger charge is 2.27. The largest absolute Gasteiger partial charge is 0.487 e. The molecule has 2 aromatic heterocycles. The number of carbonyl (C=O) groups is 1. The summed E-state index contributed by atoms with van der Waals surface area (Å²) in [4.78, 5) is 20.3. The fourth-order valence-corrected chi connectivity index (χ4v) is 4.22. The van der Waals surface area contributed by atoms with Gasteiger partial charge in [-0.1, -0.05) is 18.2 Å². The zero-order valence-electron chi connectivity index (χ0n) is 17.3. The molecule has 31 heavy (non-hydrogen) atoms. The maximum absolute atomic E-state index is 14.2. The number of para-hydroxylation sites is 1. The van der Waals surface area contributed by atoms with Gasteiger partial charge in [0.15, 0.2) is 0 Å². The number of aromatic amines is 1. The lowest BCUT2D eigenvalue weighted by atomic mass is 10.0. The van der Waals surface area contributed by atoms with Crippen molar-refractivity contribution in [3.63, 3.8) is 0 Å². The molecule has 0 bridgehead atoms. The summed E-state index contributed by atoms with van der Waals surface area (Å²) >= 11 is 0. The van der Waals surface area contributed by atoms with Crippen molar-refractivity contribution in [2.45, 2.75) is 26.4 Å². The minimum Gasteiger partial charge on any atom is -0.487 e. The fraction of sp³-hybridized carbons (Fsp3) is 0.200. The average molecular weight is 415 g/mol. The van der Waals surface area contributed by atoms with Crippen LogP contribution in [0.4, 0.5) is 4.39 Å². The number of ether oxygens (including phenoxy) is 1. The van der Waals surface area contributed by atoms with E-state index in [2.05, 4.69) is 15.3 Å². The third-order valence-corrected chi connectivity index (χ3v) is 5.91. The lowest BCUT2D eigenvalue weighted by Gasteiger charge is -2.14. The summed E-state index contributed by atoms with van der Waals surface area (Å²) in [6.45, 7) is 4.37. The van der Waals surface area contributed by atoms with E-state index in [9.17, 15) is 9.18 Å². The molecule has 0 saturated carbocycles. The molecule has 5 rings (SSSR count). The van der Waals surface area contributed by atoms with Crippen molar-refractivity contribution < 1.29 is 13.9 Å². The molecule has 3 heterocycles. The highest BCUT2D eigenvalue weighted by atomic mass is 19.1. The molecular formula is C25H22FN3O2. The first-order valence-corrected chi connectivity index (χ1v) is 10.3. The highest BCUT2D eigenvalue weighted by Crippen LogP contribution is 2.39. The van der Waals surface area contributed by atoms with Crippen LogP contribution in [0.2, 0.25) is 0 Å². The molecule has 0 unspecified atom stereocenters. The molecule has 2 aromatic carbocycles. The van der Waals surface area contributed by atoms with Crippen molar-refractivity contribution in [2.24, 2.45) is 0 Å². The highest BCUT2D eigenvalue weighted by molar-refractivity contribution is 6.06. The zero-order valence-corrected chi connectivity index (χ0v) is 17.3. The standard InChI is InChI=1S/C25H22FN3O2/c1-14-15(2)29-23-20(14)6-3-7-21(23)25(30)28-13-19-10-17-9-18(26)11-22(24(17)31-19)16-5-4-8-27-12-16/h3-9,11-12,19,29H,10,13H2,1-2H3,(H,28,30)/t19-/m1/s1. The topological polar surface area (TPSA) is 67.0 Å². The van der Waals surface area contributed by atoms with Crippen LogP contribution in [0.3, 0.4) is 0 Å². The Bertz CT molecular complexity index is 1300. The van der Waals surface area contributed by atoms with Crippen LogP contribution in [0.25, 0.3) is 22.0 Å². The molecule has 4 aromatic rings.